The molecule has 7 heteroatoms. The lowest BCUT2D eigenvalue weighted by Gasteiger charge is -2.38. The van der Waals surface area contributed by atoms with Gasteiger partial charge in [-0.05, 0) is 55.7 Å². The Bertz CT molecular complexity index is 801. The lowest BCUT2D eigenvalue weighted by atomic mass is 10.1. The van der Waals surface area contributed by atoms with Crippen molar-refractivity contribution in [2.45, 2.75) is 32.5 Å². The van der Waals surface area contributed by atoms with E-state index in [0.29, 0.717) is 13.1 Å². The minimum atomic E-state index is -0.244. The number of ether oxygens (including phenoxy) is 1. The van der Waals surface area contributed by atoms with Crippen molar-refractivity contribution < 1.29 is 14.2 Å². The van der Waals surface area contributed by atoms with E-state index >= 15 is 0 Å². The summed E-state index contributed by atoms with van der Waals surface area (Å²) in [6.07, 6.45) is 0.669. The molecule has 3 rings (SSSR count). The minimum absolute atomic E-state index is 0. The van der Waals surface area contributed by atoms with Crippen molar-refractivity contribution >= 4 is 29.9 Å². The molecule has 29 heavy (non-hydrogen) atoms. The Balaban J connectivity index is 0.00000300. The van der Waals surface area contributed by atoms with Gasteiger partial charge in [-0.15, -0.1) is 24.0 Å². The van der Waals surface area contributed by atoms with Gasteiger partial charge in [0, 0.05) is 19.6 Å². The van der Waals surface area contributed by atoms with E-state index < -0.39 is 0 Å². The summed E-state index contributed by atoms with van der Waals surface area (Å²) in [4.78, 5) is 6.98. The molecule has 1 saturated heterocycles. The van der Waals surface area contributed by atoms with Gasteiger partial charge >= 0.3 is 0 Å². The summed E-state index contributed by atoms with van der Waals surface area (Å²) >= 11 is 0. The molecule has 1 aliphatic rings. The number of phenolic OH excluding ortho intramolecular Hbond substituents is 1. The highest BCUT2D eigenvalue weighted by molar-refractivity contribution is 14.0. The summed E-state index contributed by atoms with van der Waals surface area (Å²) < 4.78 is 19.3. The summed E-state index contributed by atoms with van der Waals surface area (Å²) in [6, 6.07) is 13.8. The molecule has 2 unspecified atom stereocenters. The number of hydrogen-bond acceptors (Lipinski definition) is 3. The largest absolute Gasteiger partial charge is 0.508 e. The number of phenols is 1. The molecule has 5 nitrogen and oxygen atoms in total. The molecule has 0 radical (unpaired) electrons. The van der Waals surface area contributed by atoms with Gasteiger partial charge in [-0.2, -0.15) is 0 Å². The molecular weight excluding hydrogens is 484 g/mol. The van der Waals surface area contributed by atoms with Gasteiger partial charge in [-0.3, -0.25) is 4.99 Å². The topological polar surface area (TPSA) is 57.1 Å². The average Bonchev–Trinajstić information content (AvgIpc) is 2.67. The van der Waals surface area contributed by atoms with Crippen LogP contribution in [0.1, 0.15) is 31.1 Å². The van der Waals surface area contributed by atoms with E-state index in [4.69, 9.17) is 9.73 Å². The maximum Gasteiger partial charge on any atom is 0.194 e. The molecule has 0 bridgehead atoms. The predicted octanol–water partition coefficient (Wildman–Crippen LogP) is 4.12. The van der Waals surface area contributed by atoms with Crippen molar-refractivity contribution in [2.75, 3.05) is 26.2 Å². The van der Waals surface area contributed by atoms with Crippen LogP contribution in [0.4, 0.5) is 4.39 Å². The highest BCUT2D eigenvalue weighted by Gasteiger charge is 2.28. The first-order valence-corrected chi connectivity index (χ1v) is 9.77. The van der Waals surface area contributed by atoms with Crippen LogP contribution in [0.5, 0.6) is 5.75 Å². The van der Waals surface area contributed by atoms with E-state index in [1.54, 1.807) is 24.3 Å². The van der Waals surface area contributed by atoms with E-state index in [1.807, 2.05) is 26.0 Å². The van der Waals surface area contributed by atoms with Crippen molar-refractivity contribution in [3.63, 3.8) is 0 Å². The maximum absolute atomic E-state index is 13.2. The summed E-state index contributed by atoms with van der Waals surface area (Å²) in [5.41, 5.74) is 2.02. The monoisotopic (exact) mass is 513 g/mol. The zero-order valence-corrected chi connectivity index (χ0v) is 19.2. The van der Waals surface area contributed by atoms with Gasteiger partial charge in [0.25, 0.3) is 0 Å². The highest BCUT2D eigenvalue weighted by Crippen LogP contribution is 2.25. The summed E-state index contributed by atoms with van der Waals surface area (Å²) in [5.74, 6) is 0.883. The van der Waals surface area contributed by atoms with Gasteiger partial charge in [-0.1, -0.05) is 24.3 Å². The van der Waals surface area contributed by atoms with Crippen molar-refractivity contribution in [3.05, 3.63) is 65.5 Å². The fraction of sp³-hybridized carbons (Fsp3) is 0.409. The van der Waals surface area contributed by atoms with Crippen LogP contribution in [0.2, 0.25) is 0 Å². The third-order valence-corrected chi connectivity index (χ3v) is 4.71. The summed E-state index contributed by atoms with van der Waals surface area (Å²) in [7, 11) is 0. The number of aliphatic imine (C=N–C) groups is 1. The number of nitrogens with one attached hydrogen (secondary N) is 1. The van der Waals surface area contributed by atoms with Crippen LogP contribution >= 0.6 is 24.0 Å². The minimum Gasteiger partial charge on any atom is -0.508 e. The molecule has 1 fully saturated rings. The van der Waals surface area contributed by atoms with Crippen LogP contribution in [0.3, 0.4) is 0 Å². The summed E-state index contributed by atoms with van der Waals surface area (Å²) in [6.45, 7) is 6.89. The number of nitrogens with zero attached hydrogens (tertiary/aromatic N) is 2. The van der Waals surface area contributed by atoms with E-state index in [0.717, 1.165) is 36.6 Å². The number of aromatic hydroxyl groups is 1. The van der Waals surface area contributed by atoms with Gasteiger partial charge in [0.05, 0.1) is 12.6 Å². The average molecular weight is 513 g/mol. The van der Waals surface area contributed by atoms with E-state index in [1.165, 1.54) is 12.1 Å². The first kappa shape index (κ1) is 23.4. The van der Waals surface area contributed by atoms with Gasteiger partial charge in [0.2, 0.25) is 0 Å². The van der Waals surface area contributed by atoms with Crippen LogP contribution < -0.4 is 5.32 Å². The fourth-order valence-electron chi connectivity index (χ4n) is 3.41. The SMILES string of the molecule is CCNC(=NCCc1cccc(O)c1)N1CC(C)OC(c2ccc(F)cc2)C1.I. The number of guanidine groups is 1. The maximum atomic E-state index is 13.2. The molecule has 0 amide bonds. The molecule has 0 aliphatic carbocycles. The van der Waals surface area contributed by atoms with Gasteiger partial charge in [0.1, 0.15) is 17.7 Å². The smallest absolute Gasteiger partial charge is 0.194 e. The van der Waals surface area contributed by atoms with Crippen molar-refractivity contribution in [2.24, 2.45) is 4.99 Å². The lowest BCUT2D eigenvalue weighted by molar-refractivity contribution is -0.0605. The molecule has 2 atom stereocenters. The molecule has 0 spiro atoms. The quantitative estimate of drug-likeness (QED) is 0.359. The fourth-order valence-corrected chi connectivity index (χ4v) is 3.41. The third kappa shape index (κ3) is 6.85. The Labute approximate surface area is 189 Å². The molecule has 0 saturated carbocycles. The van der Waals surface area contributed by atoms with E-state index in [9.17, 15) is 9.50 Å². The molecular formula is C22H29FIN3O2. The Morgan fingerprint density at radius 1 is 1.24 bits per heavy atom. The molecule has 2 aromatic rings. The summed E-state index contributed by atoms with van der Waals surface area (Å²) in [5, 5.41) is 13.0. The van der Waals surface area contributed by atoms with Crippen LogP contribution in [-0.2, 0) is 11.2 Å². The predicted molar refractivity (Wildman–Crippen MR) is 124 cm³/mol. The Morgan fingerprint density at radius 3 is 2.69 bits per heavy atom. The normalized spacial score (nSPS) is 19.6. The van der Waals surface area contributed by atoms with Crippen LogP contribution in [0.25, 0.3) is 0 Å². The lowest BCUT2D eigenvalue weighted by Crippen LogP contribution is -2.50. The Hall–Kier alpha value is -1.87. The highest BCUT2D eigenvalue weighted by atomic mass is 127. The molecule has 2 N–H and O–H groups in total. The third-order valence-electron chi connectivity index (χ3n) is 4.71. The van der Waals surface area contributed by atoms with Crippen LogP contribution in [-0.4, -0.2) is 48.2 Å². The first-order valence-electron chi connectivity index (χ1n) is 9.77. The number of benzene rings is 2. The number of rotatable bonds is 5. The molecule has 1 aliphatic heterocycles. The zero-order valence-electron chi connectivity index (χ0n) is 16.8. The van der Waals surface area contributed by atoms with Crippen LogP contribution in [0.15, 0.2) is 53.5 Å². The first-order chi connectivity index (χ1) is 13.5. The Kier molecular flexibility index (Phi) is 9.16. The van der Waals surface area contributed by atoms with Gasteiger partial charge in [-0.25, -0.2) is 4.39 Å². The second-order valence-electron chi connectivity index (χ2n) is 7.05. The Morgan fingerprint density at radius 2 is 2.00 bits per heavy atom. The standard InChI is InChI=1S/C22H28FN3O2.HI/c1-3-24-22(25-12-11-17-5-4-6-20(27)13-17)26-14-16(2)28-21(15-26)18-7-9-19(23)10-8-18;/h4-10,13,16,21,27H,3,11-12,14-15H2,1-2H3,(H,24,25);1H. The van der Waals surface area contributed by atoms with Gasteiger partial charge in [0.15, 0.2) is 5.96 Å². The second-order valence-corrected chi connectivity index (χ2v) is 7.05. The molecule has 158 valence electrons. The number of morpholine rings is 1. The zero-order chi connectivity index (χ0) is 19.9. The van der Waals surface area contributed by atoms with Crippen molar-refractivity contribution in [1.82, 2.24) is 10.2 Å². The number of hydrogen-bond donors (Lipinski definition) is 2. The number of halogens is 2. The molecule has 0 aromatic heterocycles. The second kappa shape index (κ2) is 11.3. The molecule has 1 heterocycles. The van der Waals surface area contributed by atoms with Crippen molar-refractivity contribution in [3.8, 4) is 5.75 Å². The van der Waals surface area contributed by atoms with E-state index in [2.05, 4.69) is 10.2 Å². The van der Waals surface area contributed by atoms with Crippen molar-refractivity contribution in [1.29, 1.82) is 0 Å². The molecule has 2 aromatic carbocycles. The van der Waals surface area contributed by atoms with Gasteiger partial charge < -0.3 is 20.1 Å². The van der Waals surface area contributed by atoms with Crippen LogP contribution in [0, 0.1) is 5.82 Å². The van der Waals surface area contributed by atoms with E-state index in [-0.39, 0.29) is 47.8 Å².